The van der Waals surface area contributed by atoms with E-state index in [0.29, 0.717) is 5.71 Å². The predicted molar refractivity (Wildman–Crippen MR) is 424 cm³/mol. The zero-order valence-electron chi connectivity index (χ0n) is 64.1. The molecule has 0 unspecified atom stereocenters. The van der Waals surface area contributed by atoms with Gasteiger partial charge in [0.25, 0.3) is 0 Å². The number of furan rings is 4. The topological polar surface area (TPSA) is 107 Å². The molecule has 0 aliphatic rings. The van der Waals surface area contributed by atoms with E-state index in [1.807, 2.05) is 172 Å². The molecule has 0 N–H and O–H groups in total. The zero-order valence-corrected chi connectivity index (χ0v) is 64.1. The highest BCUT2D eigenvalue weighted by Crippen LogP contribution is 2.40. The first-order valence-corrected chi connectivity index (χ1v) is 36.0. The Morgan fingerprint density at radius 2 is 0.560 bits per heavy atom. The van der Waals surface area contributed by atoms with Gasteiger partial charge in [-0.3, -0.25) is 9.97 Å². The van der Waals surface area contributed by atoms with Crippen LogP contribution in [0.3, 0.4) is 0 Å². The highest BCUT2D eigenvalue weighted by atomic mass is 16.3. The van der Waals surface area contributed by atoms with E-state index in [-0.39, 0.29) is 0 Å². The van der Waals surface area contributed by atoms with Crippen LogP contribution in [-0.2, 0) is 28.2 Å². The average Bonchev–Trinajstić information content (AvgIpc) is 1.62. The van der Waals surface area contributed by atoms with E-state index in [1.54, 1.807) is 24.8 Å². The van der Waals surface area contributed by atoms with Gasteiger partial charge in [-0.15, -0.1) is 0 Å². The first kappa shape index (κ1) is 80.0. The van der Waals surface area contributed by atoms with Gasteiger partial charge in [-0.2, -0.15) is 0 Å². The molecule has 16 rings (SSSR count). The summed E-state index contributed by atoms with van der Waals surface area (Å²) in [4.78, 5) is 12.7. The monoisotopic (exact) mass is 1340 g/mol. The first-order valence-electron chi connectivity index (χ1n) is 36.0. The van der Waals surface area contributed by atoms with Crippen molar-refractivity contribution in [3.63, 3.8) is 0 Å². The highest BCUT2D eigenvalue weighted by Gasteiger charge is 2.24. The van der Waals surface area contributed by atoms with Gasteiger partial charge in [0.2, 0.25) is 28.5 Å². The van der Waals surface area contributed by atoms with Crippen LogP contribution in [0.1, 0.15) is 133 Å². The van der Waals surface area contributed by atoms with Gasteiger partial charge in [-0.1, -0.05) is 178 Å². The summed E-state index contributed by atoms with van der Waals surface area (Å²) in [5, 5.41) is 8.95. The predicted octanol–water partition coefficient (Wildman–Crippen LogP) is 23.9. The molecule has 0 fully saturated rings. The summed E-state index contributed by atoms with van der Waals surface area (Å²) >= 11 is 0. The average molecular weight is 1340 g/mol. The Hall–Kier alpha value is -10.7. The number of rotatable bonds is 4. The molecule has 0 amide bonds. The molecule has 0 aliphatic heterocycles. The summed E-state index contributed by atoms with van der Waals surface area (Å²) in [5.41, 5.74) is 21.1. The lowest BCUT2D eigenvalue weighted by atomic mass is 10.0. The summed E-state index contributed by atoms with van der Waals surface area (Å²) in [6, 6.07) is 58.1. The Bertz CT molecular complexity index is 4520. The highest BCUT2D eigenvalue weighted by molar-refractivity contribution is 6.12. The van der Waals surface area contributed by atoms with Crippen LogP contribution in [0.2, 0.25) is 0 Å². The molecule has 0 bridgehead atoms. The number of fused-ring (bicyclic) bond motifs is 12. The van der Waals surface area contributed by atoms with Crippen molar-refractivity contribution >= 4 is 87.9 Å². The fourth-order valence-electron chi connectivity index (χ4n) is 11.6. The van der Waals surface area contributed by atoms with Crippen molar-refractivity contribution in [3.05, 3.63) is 248 Å². The standard InChI is InChI=1S/C19H16NO.3C18H15N2O.8C2H6/c1-13-10-11-15-14-7-3-4-9-17(14)21-19(15)18(13)16-8-5-6-12-20(16)2;1-12-8-9-13-14-6-5-10-19-18(14)21-17(13)16(12)15-7-3-4-11-20(15)2;1-12-6-7-14-13-8-9-19-11-16(13)21-18(14)17(12)15-5-3-4-10-20(15)2;1-12-6-7-13-14-11-19-9-8-16(14)21-18(13)17(12)15-5-3-4-10-20(15)2;8*1-2/h3-12H,1-2H3;3*3-11H,1-2H3;8*1-2H3/q4*+1;;;;;;;;. The fourth-order valence-corrected chi connectivity index (χ4v) is 11.6. The number of para-hydroxylation sites is 1. The summed E-state index contributed by atoms with van der Waals surface area (Å²) in [6.07, 6.45) is 17.2. The number of hydrogen-bond donors (Lipinski definition) is 0. The van der Waals surface area contributed by atoms with E-state index in [9.17, 15) is 0 Å². The molecule has 0 aliphatic carbocycles. The quantitative estimate of drug-likeness (QED) is 0.162. The van der Waals surface area contributed by atoms with Crippen LogP contribution in [0.15, 0.2) is 243 Å². The number of hydrogen-bond acceptors (Lipinski definition) is 7. The molecular weight excluding hydrogens is 1230 g/mol. The minimum Gasteiger partial charge on any atom is -0.455 e. The van der Waals surface area contributed by atoms with E-state index in [0.717, 1.165) is 105 Å². The number of nitrogens with zero attached hydrogens (tertiary/aromatic N) is 7. The third-order valence-electron chi connectivity index (χ3n) is 15.9. The van der Waals surface area contributed by atoms with Crippen molar-refractivity contribution in [1.82, 2.24) is 15.0 Å². The lowest BCUT2D eigenvalue weighted by Crippen LogP contribution is -2.30. The second kappa shape index (κ2) is 40.3. The first-order chi connectivity index (χ1) is 49.0. The number of aromatic nitrogens is 7. The summed E-state index contributed by atoms with van der Waals surface area (Å²) in [7, 11) is 8.22. The largest absolute Gasteiger partial charge is 0.455 e. The molecule has 11 aromatic heterocycles. The van der Waals surface area contributed by atoms with Crippen molar-refractivity contribution < 1.29 is 35.9 Å². The summed E-state index contributed by atoms with van der Waals surface area (Å²) in [6.45, 7) is 40.5. The number of benzene rings is 5. The van der Waals surface area contributed by atoms with Crippen LogP contribution in [0.25, 0.3) is 133 Å². The van der Waals surface area contributed by atoms with Gasteiger partial charge >= 0.3 is 0 Å². The second-order valence-electron chi connectivity index (χ2n) is 21.3. The van der Waals surface area contributed by atoms with Crippen molar-refractivity contribution in [2.45, 2.75) is 138 Å². The molecule has 11 heteroatoms. The molecule has 5 aromatic carbocycles. The van der Waals surface area contributed by atoms with Crippen LogP contribution in [0.5, 0.6) is 0 Å². The SMILES string of the molecule is CC.CC.CC.CC.CC.CC.CC.CC.Cc1ccc2c(oc3ccccc32)c1-c1cccc[n+]1C.Cc1ccc2c(oc3ccncc32)c1-c1cccc[n+]1C.Cc1ccc2c(oc3cnccc32)c1-c1cccc[n+]1C.Cc1ccc2c(oc3ncccc32)c1-c1cccc[n+]1C. The van der Waals surface area contributed by atoms with Crippen LogP contribution >= 0.6 is 0 Å². The third kappa shape index (κ3) is 17.4. The normalized spacial score (nSPS) is 10.0. The van der Waals surface area contributed by atoms with Crippen molar-refractivity contribution in [3.8, 4) is 45.0 Å². The van der Waals surface area contributed by atoms with Gasteiger partial charge in [0.1, 0.15) is 56.1 Å². The Morgan fingerprint density at radius 3 is 0.970 bits per heavy atom. The Morgan fingerprint density at radius 1 is 0.250 bits per heavy atom. The summed E-state index contributed by atoms with van der Waals surface area (Å²) in [5.74, 6) is 0. The third-order valence-corrected chi connectivity index (χ3v) is 15.9. The van der Waals surface area contributed by atoms with Gasteiger partial charge in [-0.05, 0) is 105 Å². The van der Waals surface area contributed by atoms with Crippen molar-refractivity contribution in [2.75, 3.05) is 0 Å². The van der Waals surface area contributed by atoms with E-state index in [2.05, 4.69) is 229 Å². The second-order valence-corrected chi connectivity index (χ2v) is 21.3. The zero-order chi connectivity index (χ0) is 73.6. The maximum Gasteiger partial charge on any atom is 0.227 e. The molecule has 11 heterocycles. The molecule has 0 saturated carbocycles. The minimum atomic E-state index is 0.693. The van der Waals surface area contributed by atoms with Gasteiger partial charge in [-0.25, -0.2) is 23.3 Å². The number of aryl methyl sites for hydroxylation is 8. The minimum absolute atomic E-state index is 0.693. The van der Waals surface area contributed by atoms with Crippen LogP contribution in [0, 0.1) is 27.7 Å². The lowest BCUT2D eigenvalue weighted by Gasteiger charge is -2.04. The molecule has 0 spiro atoms. The van der Waals surface area contributed by atoms with E-state index in [1.165, 1.54) is 44.3 Å². The lowest BCUT2D eigenvalue weighted by molar-refractivity contribution is -0.660. The molecule has 11 nitrogen and oxygen atoms in total. The van der Waals surface area contributed by atoms with E-state index in [4.69, 9.17) is 17.7 Å². The van der Waals surface area contributed by atoms with E-state index < -0.39 is 0 Å². The Labute approximate surface area is 595 Å². The van der Waals surface area contributed by atoms with Gasteiger partial charge in [0, 0.05) is 116 Å². The van der Waals surface area contributed by atoms with Crippen molar-refractivity contribution in [2.24, 2.45) is 28.2 Å². The maximum atomic E-state index is 6.16. The molecule has 16 aromatic rings. The van der Waals surface area contributed by atoms with Crippen LogP contribution in [-0.4, -0.2) is 15.0 Å². The smallest absolute Gasteiger partial charge is 0.227 e. The number of pyridine rings is 7. The molecule has 0 atom stereocenters. The maximum absolute atomic E-state index is 6.16. The molecule has 520 valence electrons. The van der Waals surface area contributed by atoms with Crippen LogP contribution in [0.4, 0.5) is 0 Å². The Kier molecular flexibility index (Phi) is 32.2. The molecule has 0 saturated heterocycles. The molecular formula is C89H109N7O4+4. The Balaban J connectivity index is 0.000000225. The van der Waals surface area contributed by atoms with Crippen LogP contribution < -0.4 is 18.3 Å². The van der Waals surface area contributed by atoms with Gasteiger partial charge in [0.05, 0.1) is 28.5 Å². The summed E-state index contributed by atoms with van der Waals surface area (Å²) < 4.78 is 32.9. The molecule has 0 radical (unpaired) electrons. The van der Waals surface area contributed by atoms with Gasteiger partial charge < -0.3 is 17.7 Å². The van der Waals surface area contributed by atoms with Crippen molar-refractivity contribution in [1.29, 1.82) is 0 Å². The van der Waals surface area contributed by atoms with Gasteiger partial charge in [0.15, 0.2) is 36.0 Å². The van der Waals surface area contributed by atoms with E-state index >= 15 is 0 Å². The molecule has 100 heavy (non-hydrogen) atoms. The fraction of sp³-hybridized carbons (Fsp3) is 0.270.